The summed E-state index contributed by atoms with van der Waals surface area (Å²) in [6.07, 6.45) is 0.830. The highest BCUT2D eigenvalue weighted by Gasteiger charge is 2.57. The quantitative estimate of drug-likeness (QED) is 0.364. The Morgan fingerprint density at radius 1 is 0.840 bits per heavy atom. The maximum absolute atomic E-state index is 11.6. The van der Waals surface area contributed by atoms with Gasteiger partial charge in [0.1, 0.15) is 11.2 Å². The van der Waals surface area contributed by atoms with Crippen LogP contribution in [0.1, 0.15) is 66.2 Å². The first-order valence-corrected chi connectivity index (χ1v) is 9.69. The number of aliphatic hydroxyl groups excluding tert-OH is 2. The van der Waals surface area contributed by atoms with Crippen LogP contribution in [-0.4, -0.2) is 72.3 Å². The van der Waals surface area contributed by atoms with Crippen LogP contribution in [0.5, 0.6) is 0 Å². The molecule has 152 valence electrons. The van der Waals surface area contributed by atoms with Gasteiger partial charge in [-0.15, -0.1) is 0 Å². The summed E-state index contributed by atoms with van der Waals surface area (Å²) in [7, 11) is 1.62. The molecule has 0 heterocycles. The molecular formula is C19H40O6. The third kappa shape index (κ3) is 6.45. The Morgan fingerprint density at radius 3 is 1.92 bits per heavy atom. The summed E-state index contributed by atoms with van der Waals surface area (Å²) in [6.45, 7) is 9.39. The molecule has 6 heteroatoms. The molecule has 0 aliphatic carbocycles. The molecule has 0 fully saturated rings. The van der Waals surface area contributed by atoms with E-state index < -0.39 is 23.4 Å². The Kier molecular flexibility index (Phi) is 12.9. The molecule has 6 nitrogen and oxygen atoms in total. The molecule has 3 N–H and O–H groups in total. The minimum absolute atomic E-state index is 0.298. The number of rotatable bonds is 16. The van der Waals surface area contributed by atoms with Gasteiger partial charge in [0.25, 0.3) is 0 Å². The Hall–Kier alpha value is -0.240. The van der Waals surface area contributed by atoms with E-state index in [1.807, 2.05) is 27.7 Å². The summed E-state index contributed by atoms with van der Waals surface area (Å²) in [5.41, 5.74) is -2.80. The fourth-order valence-corrected chi connectivity index (χ4v) is 3.62. The predicted octanol–water partition coefficient (Wildman–Crippen LogP) is 2.28. The maximum atomic E-state index is 11.6. The molecule has 25 heavy (non-hydrogen) atoms. The van der Waals surface area contributed by atoms with Crippen molar-refractivity contribution in [1.29, 1.82) is 0 Å². The topological polar surface area (TPSA) is 88.4 Å². The van der Waals surface area contributed by atoms with E-state index in [-0.39, 0.29) is 0 Å². The van der Waals surface area contributed by atoms with Crippen LogP contribution in [0.15, 0.2) is 0 Å². The zero-order chi connectivity index (χ0) is 19.3. The molecule has 0 aromatic carbocycles. The fourth-order valence-electron chi connectivity index (χ4n) is 3.62. The molecule has 4 unspecified atom stereocenters. The molecule has 0 aromatic rings. The first kappa shape index (κ1) is 24.8. The highest BCUT2D eigenvalue weighted by atomic mass is 16.5. The molecule has 0 saturated heterocycles. The van der Waals surface area contributed by atoms with E-state index in [1.165, 1.54) is 0 Å². The normalized spacial score (nSPS) is 19.2. The van der Waals surface area contributed by atoms with Crippen LogP contribution < -0.4 is 0 Å². The summed E-state index contributed by atoms with van der Waals surface area (Å²) in [5.74, 6) is 0. The van der Waals surface area contributed by atoms with E-state index in [0.717, 1.165) is 0 Å². The van der Waals surface area contributed by atoms with Crippen molar-refractivity contribution in [3.63, 3.8) is 0 Å². The zero-order valence-electron chi connectivity index (χ0n) is 16.8. The van der Waals surface area contributed by atoms with E-state index in [4.69, 9.17) is 14.2 Å². The lowest BCUT2D eigenvalue weighted by molar-refractivity contribution is -0.267. The van der Waals surface area contributed by atoms with Crippen molar-refractivity contribution >= 4 is 0 Å². The molecular weight excluding hydrogens is 324 g/mol. The van der Waals surface area contributed by atoms with Gasteiger partial charge in [-0.3, -0.25) is 0 Å². The first-order chi connectivity index (χ1) is 11.9. The minimum atomic E-state index is -1.56. The minimum Gasteiger partial charge on any atom is -0.390 e. The van der Waals surface area contributed by atoms with Crippen LogP contribution in [0.4, 0.5) is 0 Å². The van der Waals surface area contributed by atoms with Gasteiger partial charge in [-0.25, -0.2) is 0 Å². The second-order valence-corrected chi connectivity index (χ2v) is 6.49. The van der Waals surface area contributed by atoms with Crippen LogP contribution in [0.3, 0.4) is 0 Å². The molecule has 0 saturated carbocycles. The first-order valence-electron chi connectivity index (χ1n) is 9.69. The Labute approximate surface area is 153 Å². The summed E-state index contributed by atoms with van der Waals surface area (Å²) >= 11 is 0. The highest BCUT2D eigenvalue weighted by Crippen LogP contribution is 2.42. The number of hydrogen-bond acceptors (Lipinski definition) is 6. The van der Waals surface area contributed by atoms with E-state index >= 15 is 0 Å². The van der Waals surface area contributed by atoms with Gasteiger partial charge in [-0.05, 0) is 52.4 Å². The highest BCUT2D eigenvalue weighted by molar-refractivity contribution is 5.08. The average Bonchev–Trinajstić information content (AvgIpc) is 2.62. The molecule has 0 spiro atoms. The molecule has 0 aromatic heterocycles. The van der Waals surface area contributed by atoms with Crippen molar-refractivity contribution in [3.05, 3.63) is 0 Å². The number of hydrogen-bond donors (Lipinski definition) is 3. The molecule has 0 aliphatic heterocycles. The van der Waals surface area contributed by atoms with Crippen molar-refractivity contribution < 1.29 is 29.5 Å². The van der Waals surface area contributed by atoms with Gasteiger partial charge < -0.3 is 29.5 Å². The van der Waals surface area contributed by atoms with Crippen molar-refractivity contribution in [3.8, 4) is 0 Å². The van der Waals surface area contributed by atoms with Gasteiger partial charge in [-0.1, -0.05) is 13.8 Å². The number of aliphatic hydroxyl groups is 3. The summed E-state index contributed by atoms with van der Waals surface area (Å²) < 4.78 is 16.5. The summed E-state index contributed by atoms with van der Waals surface area (Å²) in [6, 6.07) is 0. The van der Waals surface area contributed by atoms with Crippen LogP contribution in [0, 0.1) is 0 Å². The lowest BCUT2D eigenvalue weighted by atomic mass is 9.68. The third-order valence-corrected chi connectivity index (χ3v) is 4.94. The van der Waals surface area contributed by atoms with E-state index in [9.17, 15) is 15.3 Å². The van der Waals surface area contributed by atoms with Crippen LogP contribution >= 0.6 is 0 Å². The Balaban J connectivity index is 5.74. The van der Waals surface area contributed by atoms with Gasteiger partial charge in [0.15, 0.2) is 0 Å². The van der Waals surface area contributed by atoms with Gasteiger partial charge in [0.2, 0.25) is 0 Å². The molecule has 4 atom stereocenters. The van der Waals surface area contributed by atoms with Gasteiger partial charge in [-0.2, -0.15) is 0 Å². The van der Waals surface area contributed by atoms with Crippen LogP contribution in [0.25, 0.3) is 0 Å². The monoisotopic (exact) mass is 364 g/mol. The van der Waals surface area contributed by atoms with E-state index in [0.29, 0.717) is 65.0 Å². The van der Waals surface area contributed by atoms with E-state index in [2.05, 4.69) is 0 Å². The van der Waals surface area contributed by atoms with Crippen molar-refractivity contribution in [2.45, 2.75) is 89.6 Å². The second kappa shape index (κ2) is 13.0. The predicted molar refractivity (Wildman–Crippen MR) is 98.7 cm³/mol. The molecule has 0 bridgehead atoms. The van der Waals surface area contributed by atoms with Crippen molar-refractivity contribution in [2.24, 2.45) is 0 Å². The van der Waals surface area contributed by atoms with Crippen LogP contribution in [-0.2, 0) is 14.2 Å². The number of methoxy groups -OCH3 is 1. The SMILES string of the molecule is CCOCCCC(O)(C(O)CC)C(CCCOC)(OCC)C(O)CC. The standard InChI is InChI=1S/C19H40O6/c1-6-16(20)18(22,12-10-15-24-8-3)19(25-9-4,17(21)7-2)13-11-14-23-5/h16-17,20-22H,6-15H2,1-5H3. The lowest BCUT2D eigenvalue weighted by Gasteiger charge is -2.51. The maximum Gasteiger partial charge on any atom is 0.125 e. The Bertz CT molecular complexity index is 327. The van der Waals surface area contributed by atoms with Crippen molar-refractivity contribution in [2.75, 3.05) is 33.5 Å². The molecule has 0 amide bonds. The molecule has 0 radical (unpaired) electrons. The lowest BCUT2D eigenvalue weighted by Crippen LogP contribution is -2.67. The molecule has 0 aliphatic rings. The van der Waals surface area contributed by atoms with Gasteiger partial charge >= 0.3 is 0 Å². The van der Waals surface area contributed by atoms with Crippen LogP contribution in [0.2, 0.25) is 0 Å². The van der Waals surface area contributed by atoms with Gasteiger partial charge in [0.05, 0.1) is 12.2 Å². The summed E-state index contributed by atoms with van der Waals surface area (Å²) in [5, 5.41) is 33.1. The molecule has 0 rings (SSSR count). The largest absolute Gasteiger partial charge is 0.390 e. The fraction of sp³-hybridized carbons (Fsp3) is 1.00. The van der Waals surface area contributed by atoms with Crippen molar-refractivity contribution in [1.82, 2.24) is 0 Å². The smallest absolute Gasteiger partial charge is 0.125 e. The Morgan fingerprint density at radius 2 is 1.44 bits per heavy atom. The zero-order valence-corrected chi connectivity index (χ0v) is 16.8. The third-order valence-electron chi connectivity index (χ3n) is 4.94. The average molecular weight is 365 g/mol. The summed E-state index contributed by atoms with van der Waals surface area (Å²) in [4.78, 5) is 0. The number of ether oxygens (including phenoxy) is 3. The van der Waals surface area contributed by atoms with E-state index in [1.54, 1.807) is 7.11 Å². The second-order valence-electron chi connectivity index (χ2n) is 6.49. The van der Waals surface area contributed by atoms with Gasteiger partial charge in [0, 0.05) is 33.5 Å².